The van der Waals surface area contributed by atoms with E-state index in [1.807, 2.05) is 0 Å². The Labute approximate surface area is 94.2 Å². The Hall–Kier alpha value is -1.23. The molecule has 16 heavy (non-hydrogen) atoms. The van der Waals surface area contributed by atoms with Gasteiger partial charge >= 0.3 is 0 Å². The second kappa shape index (κ2) is 4.33. The van der Waals surface area contributed by atoms with Gasteiger partial charge in [-0.2, -0.15) is 0 Å². The van der Waals surface area contributed by atoms with Crippen molar-refractivity contribution in [3.05, 3.63) is 29.8 Å². The van der Waals surface area contributed by atoms with Gasteiger partial charge < -0.3 is 0 Å². The van der Waals surface area contributed by atoms with Gasteiger partial charge in [-0.15, -0.1) is 0 Å². The lowest BCUT2D eigenvalue weighted by Gasteiger charge is -2.14. The zero-order valence-electron chi connectivity index (χ0n) is 9.10. The molecule has 0 amide bonds. The highest BCUT2D eigenvalue weighted by atomic mass is 32.2. The second-order valence-corrected chi connectivity index (χ2v) is 6.09. The fourth-order valence-corrected chi connectivity index (χ4v) is 3.21. The van der Waals surface area contributed by atoms with Gasteiger partial charge in [-0.1, -0.05) is 18.2 Å². The Kier molecular flexibility index (Phi) is 3.48. The van der Waals surface area contributed by atoms with Gasteiger partial charge in [0.15, 0.2) is 16.1 Å². The first-order valence-corrected chi connectivity index (χ1v) is 6.37. The van der Waals surface area contributed by atoms with Crippen LogP contribution in [0.5, 0.6) is 0 Å². The number of carbonyl (C=O) groups excluding carboxylic acids is 1. The average Bonchev–Trinajstić information content (AvgIpc) is 2.14. The summed E-state index contributed by atoms with van der Waals surface area (Å²) in [7, 11) is -3.77. The summed E-state index contributed by atoms with van der Waals surface area (Å²) in [6.45, 7) is 2.38. The van der Waals surface area contributed by atoms with E-state index in [1.54, 1.807) is 6.07 Å². The molecule has 1 aromatic carbocycles. The number of hydrogen-bond donors (Lipinski definition) is 0. The molecule has 0 saturated heterocycles. The van der Waals surface area contributed by atoms with Crippen LogP contribution in [0.25, 0.3) is 0 Å². The van der Waals surface area contributed by atoms with Gasteiger partial charge in [0, 0.05) is 5.56 Å². The lowest BCUT2D eigenvalue weighted by Crippen LogP contribution is -2.26. The molecule has 0 aliphatic rings. The highest BCUT2D eigenvalue weighted by Gasteiger charge is 2.28. The van der Waals surface area contributed by atoms with Gasteiger partial charge in [-0.3, -0.25) is 4.79 Å². The van der Waals surface area contributed by atoms with Gasteiger partial charge in [0.1, 0.15) is 5.67 Å². The summed E-state index contributed by atoms with van der Waals surface area (Å²) in [6.07, 6.45) is 0.456. The lowest BCUT2D eigenvalue weighted by atomic mass is 10.2. The van der Waals surface area contributed by atoms with Crippen LogP contribution in [0.15, 0.2) is 29.2 Å². The lowest BCUT2D eigenvalue weighted by molar-refractivity contribution is 0.112. The summed E-state index contributed by atoms with van der Waals surface area (Å²) in [5.74, 6) is -0.634. The van der Waals surface area contributed by atoms with Crippen molar-refractivity contribution in [1.29, 1.82) is 0 Å². The zero-order chi connectivity index (χ0) is 12.4. The van der Waals surface area contributed by atoms with E-state index in [0.717, 1.165) is 0 Å². The molecule has 0 aliphatic heterocycles. The predicted molar refractivity (Wildman–Crippen MR) is 59.1 cm³/mol. The molecule has 0 aromatic heterocycles. The molecule has 1 rings (SSSR count). The van der Waals surface area contributed by atoms with Crippen LogP contribution in [-0.2, 0) is 9.84 Å². The zero-order valence-corrected chi connectivity index (χ0v) is 9.92. The normalized spacial score (nSPS) is 12.4. The van der Waals surface area contributed by atoms with Crippen molar-refractivity contribution >= 4 is 16.1 Å². The quantitative estimate of drug-likeness (QED) is 0.761. The maximum absolute atomic E-state index is 13.3. The van der Waals surface area contributed by atoms with Crippen molar-refractivity contribution in [3.63, 3.8) is 0 Å². The first-order chi connectivity index (χ1) is 7.26. The van der Waals surface area contributed by atoms with Crippen molar-refractivity contribution in [3.8, 4) is 0 Å². The summed E-state index contributed by atoms with van der Waals surface area (Å²) < 4.78 is 37.0. The van der Waals surface area contributed by atoms with E-state index >= 15 is 0 Å². The van der Waals surface area contributed by atoms with E-state index in [4.69, 9.17) is 0 Å². The first kappa shape index (κ1) is 12.8. The van der Waals surface area contributed by atoms with Crippen LogP contribution in [0.4, 0.5) is 4.39 Å². The summed E-state index contributed by atoms with van der Waals surface area (Å²) in [5, 5.41) is 0. The molecule has 0 spiro atoms. The standard InChI is InChI=1S/C11H13FO3S/c1-11(2,12)8-16(14,15)10-6-4-3-5-9(10)7-13/h3-7H,8H2,1-2H3. The minimum atomic E-state index is -3.77. The van der Waals surface area contributed by atoms with Crippen LogP contribution in [0.1, 0.15) is 24.2 Å². The number of hydrogen-bond acceptors (Lipinski definition) is 3. The fraction of sp³-hybridized carbons (Fsp3) is 0.364. The highest BCUT2D eigenvalue weighted by Crippen LogP contribution is 2.21. The number of halogens is 1. The maximum atomic E-state index is 13.3. The number of rotatable bonds is 4. The predicted octanol–water partition coefficient (Wildman–Crippen LogP) is 2.02. The SMILES string of the molecule is CC(C)(F)CS(=O)(=O)c1ccccc1C=O. The van der Waals surface area contributed by atoms with Crippen LogP contribution >= 0.6 is 0 Å². The number of carbonyl (C=O) groups is 1. The molecule has 0 unspecified atom stereocenters. The van der Waals surface area contributed by atoms with Crippen LogP contribution < -0.4 is 0 Å². The molecule has 1 aromatic rings. The molecule has 0 radical (unpaired) electrons. The van der Waals surface area contributed by atoms with Crippen molar-refractivity contribution in [1.82, 2.24) is 0 Å². The highest BCUT2D eigenvalue weighted by molar-refractivity contribution is 7.91. The van der Waals surface area contributed by atoms with Crippen LogP contribution in [0.2, 0.25) is 0 Å². The monoisotopic (exact) mass is 244 g/mol. The first-order valence-electron chi connectivity index (χ1n) is 4.72. The molecule has 0 heterocycles. The molecule has 88 valence electrons. The van der Waals surface area contributed by atoms with Gasteiger partial charge in [-0.05, 0) is 19.9 Å². The van der Waals surface area contributed by atoms with Crippen LogP contribution in [0, 0.1) is 0 Å². The third-order valence-electron chi connectivity index (χ3n) is 1.91. The fourth-order valence-electron chi connectivity index (χ4n) is 1.39. The summed E-state index contributed by atoms with van der Waals surface area (Å²) in [5.41, 5.74) is -1.76. The minimum absolute atomic E-state index is 0.0618. The number of benzene rings is 1. The van der Waals surface area contributed by atoms with E-state index in [2.05, 4.69) is 0 Å². The van der Waals surface area contributed by atoms with Crippen LogP contribution in [0.3, 0.4) is 0 Å². The Bertz CT molecular complexity index is 486. The molecule has 0 atom stereocenters. The third kappa shape index (κ3) is 3.13. The molecule has 0 saturated carbocycles. The molecule has 3 nitrogen and oxygen atoms in total. The Balaban J connectivity index is 3.23. The summed E-state index contributed by atoms with van der Waals surface area (Å²) in [4.78, 5) is 10.6. The Morgan fingerprint density at radius 1 is 1.31 bits per heavy atom. The van der Waals surface area contributed by atoms with Gasteiger partial charge in [-0.25, -0.2) is 12.8 Å². The molecular weight excluding hydrogens is 231 g/mol. The van der Waals surface area contributed by atoms with E-state index in [0.29, 0.717) is 6.29 Å². The third-order valence-corrected chi connectivity index (χ3v) is 4.02. The molecule has 0 aliphatic carbocycles. The molecule has 5 heteroatoms. The molecule has 0 N–H and O–H groups in total. The summed E-state index contributed by atoms with van der Waals surface area (Å²) >= 11 is 0. The van der Waals surface area contributed by atoms with Gasteiger partial charge in [0.2, 0.25) is 0 Å². The molecule has 0 bridgehead atoms. The largest absolute Gasteiger partial charge is 0.298 e. The number of alkyl halides is 1. The van der Waals surface area contributed by atoms with Crippen molar-refractivity contribution in [2.75, 3.05) is 5.75 Å². The maximum Gasteiger partial charge on any atom is 0.182 e. The smallest absolute Gasteiger partial charge is 0.182 e. The average molecular weight is 244 g/mol. The van der Waals surface area contributed by atoms with E-state index in [1.165, 1.54) is 32.0 Å². The topological polar surface area (TPSA) is 51.2 Å². The van der Waals surface area contributed by atoms with Crippen molar-refractivity contribution in [2.45, 2.75) is 24.4 Å². The van der Waals surface area contributed by atoms with Gasteiger partial charge in [0.25, 0.3) is 0 Å². The van der Waals surface area contributed by atoms with Crippen molar-refractivity contribution in [2.24, 2.45) is 0 Å². The summed E-state index contributed by atoms with van der Waals surface area (Å²) in [6, 6.07) is 5.77. The second-order valence-electron chi connectivity index (χ2n) is 4.13. The van der Waals surface area contributed by atoms with Gasteiger partial charge in [0.05, 0.1) is 10.6 Å². The van der Waals surface area contributed by atoms with E-state index in [-0.39, 0.29) is 10.5 Å². The van der Waals surface area contributed by atoms with Crippen LogP contribution in [-0.4, -0.2) is 26.1 Å². The minimum Gasteiger partial charge on any atom is -0.298 e. The Morgan fingerprint density at radius 2 is 1.88 bits per heavy atom. The Morgan fingerprint density at radius 3 is 2.38 bits per heavy atom. The molecule has 0 fully saturated rings. The van der Waals surface area contributed by atoms with E-state index < -0.39 is 21.3 Å². The number of sulfone groups is 1. The molecular formula is C11H13FO3S. The number of aldehydes is 1. The van der Waals surface area contributed by atoms with Crippen molar-refractivity contribution < 1.29 is 17.6 Å². The van der Waals surface area contributed by atoms with E-state index in [9.17, 15) is 17.6 Å².